The van der Waals surface area contributed by atoms with Crippen LogP contribution in [0.3, 0.4) is 0 Å². The number of aromatic nitrogens is 1. The van der Waals surface area contributed by atoms with Gasteiger partial charge in [0.1, 0.15) is 0 Å². The molecule has 0 atom stereocenters. The predicted octanol–water partition coefficient (Wildman–Crippen LogP) is 3.97. The molecule has 0 unspecified atom stereocenters. The number of hydrogen-bond acceptors (Lipinski definition) is 2. The van der Waals surface area contributed by atoms with E-state index in [2.05, 4.69) is 11.9 Å². The van der Waals surface area contributed by atoms with Crippen molar-refractivity contribution in [2.75, 3.05) is 0 Å². The molecule has 1 heterocycles. The van der Waals surface area contributed by atoms with E-state index in [1.807, 2.05) is 6.07 Å². The van der Waals surface area contributed by atoms with Crippen LogP contribution in [0.15, 0.2) is 42.6 Å². The van der Waals surface area contributed by atoms with E-state index >= 15 is 0 Å². The molecule has 0 aliphatic carbocycles. The summed E-state index contributed by atoms with van der Waals surface area (Å²) in [5.74, 6) is 0.227. The van der Waals surface area contributed by atoms with Gasteiger partial charge in [0.15, 0.2) is 11.6 Å². The molecule has 2 nitrogen and oxygen atoms in total. The van der Waals surface area contributed by atoms with E-state index in [0.717, 1.165) is 18.4 Å². The maximum absolute atomic E-state index is 13.3. The third-order valence-electron chi connectivity index (χ3n) is 2.39. The van der Waals surface area contributed by atoms with Gasteiger partial charge in [0.05, 0.1) is 0 Å². The SMILES string of the molecule is CCCc1ccc(Oc2ccccc2F)nc1. The van der Waals surface area contributed by atoms with Crippen molar-refractivity contribution in [1.82, 2.24) is 4.98 Å². The predicted molar refractivity (Wildman–Crippen MR) is 64.7 cm³/mol. The molecule has 0 spiro atoms. The molecular weight excluding hydrogens is 217 g/mol. The summed E-state index contributed by atoms with van der Waals surface area (Å²) < 4.78 is 18.7. The van der Waals surface area contributed by atoms with E-state index in [1.165, 1.54) is 6.07 Å². The fourth-order valence-corrected chi connectivity index (χ4v) is 1.55. The van der Waals surface area contributed by atoms with Gasteiger partial charge in [-0.1, -0.05) is 31.5 Å². The fourth-order valence-electron chi connectivity index (χ4n) is 1.55. The topological polar surface area (TPSA) is 22.1 Å². The van der Waals surface area contributed by atoms with Crippen LogP contribution in [0.25, 0.3) is 0 Å². The Labute approximate surface area is 100 Å². The average Bonchev–Trinajstić information content (AvgIpc) is 2.35. The fraction of sp³-hybridized carbons (Fsp3) is 0.214. The third kappa shape index (κ3) is 3.03. The van der Waals surface area contributed by atoms with E-state index in [-0.39, 0.29) is 11.6 Å². The summed E-state index contributed by atoms with van der Waals surface area (Å²) in [7, 11) is 0. The molecule has 0 aliphatic rings. The third-order valence-corrected chi connectivity index (χ3v) is 2.39. The minimum Gasteiger partial charge on any atom is -0.436 e. The Bertz CT molecular complexity index is 482. The minimum atomic E-state index is -0.382. The van der Waals surface area contributed by atoms with Gasteiger partial charge in [-0.2, -0.15) is 0 Å². The first kappa shape index (κ1) is 11.6. The molecule has 1 aromatic carbocycles. The molecule has 2 aromatic rings. The first-order valence-electron chi connectivity index (χ1n) is 5.67. The van der Waals surface area contributed by atoms with Crippen LogP contribution in [0.4, 0.5) is 4.39 Å². The number of pyridine rings is 1. The molecule has 17 heavy (non-hydrogen) atoms. The Morgan fingerprint density at radius 2 is 2.00 bits per heavy atom. The highest BCUT2D eigenvalue weighted by atomic mass is 19.1. The summed E-state index contributed by atoms with van der Waals surface area (Å²) in [6.07, 6.45) is 3.84. The Kier molecular flexibility index (Phi) is 3.70. The molecule has 2 rings (SSSR count). The van der Waals surface area contributed by atoms with Crippen LogP contribution in [-0.2, 0) is 6.42 Å². The van der Waals surface area contributed by atoms with Crippen LogP contribution < -0.4 is 4.74 Å². The minimum absolute atomic E-state index is 0.197. The number of nitrogens with zero attached hydrogens (tertiary/aromatic N) is 1. The second-order valence-electron chi connectivity index (χ2n) is 3.79. The summed E-state index contributed by atoms with van der Waals surface area (Å²) in [6.45, 7) is 2.11. The quantitative estimate of drug-likeness (QED) is 0.794. The first-order chi connectivity index (χ1) is 8.29. The molecular formula is C14H14FNO. The second-order valence-corrected chi connectivity index (χ2v) is 3.79. The molecule has 0 saturated heterocycles. The lowest BCUT2D eigenvalue weighted by Crippen LogP contribution is -1.92. The van der Waals surface area contributed by atoms with Crippen LogP contribution in [0.5, 0.6) is 11.6 Å². The molecule has 3 heteroatoms. The molecule has 0 saturated carbocycles. The van der Waals surface area contributed by atoms with Crippen molar-refractivity contribution in [2.45, 2.75) is 19.8 Å². The largest absolute Gasteiger partial charge is 0.436 e. The first-order valence-corrected chi connectivity index (χ1v) is 5.67. The van der Waals surface area contributed by atoms with Gasteiger partial charge in [-0.3, -0.25) is 0 Å². The zero-order valence-electron chi connectivity index (χ0n) is 9.69. The van der Waals surface area contributed by atoms with Crippen LogP contribution in [0.2, 0.25) is 0 Å². The molecule has 88 valence electrons. The summed E-state index contributed by atoms with van der Waals surface area (Å²) in [5, 5.41) is 0. The van der Waals surface area contributed by atoms with Crippen molar-refractivity contribution < 1.29 is 9.13 Å². The van der Waals surface area contributed by atoms with Gasteiger partial charge >= 0.3 is 0 Å². The van der Waals surface area contributed by atoms with Gasteiger partial charge in [0.2, 0.25) is 5.88 Å². The maximum Gasteiger partial charge on any atom is 0.219 e. The number of ether oxygens (including phenoxy) is 1. The van der Waals surface area contributed by atoms with Gasteiger partial charge in [-0.25, -0.2) is 9.37 Å². The maximum atomic E-state index is 13.3. The number of aryl methyl sites for hydroxylation is 1. The monoisotopic (exact) mass is 231 g/mol. The molecule has 0 amide bonds. The van der Waals surface area contributed by atoms with Crippen LogP contribution in [0.1, 0.15) is 18.9 Å². The smallest absolute Gasteiger partial charge is 0.219 e. The van der Waals surface area contributed by atoms with Gasteiger partial charge < -0.3 is 4.74 Å². The van der Waals surface area contributed by atoms with Crippen molar-refractivity contribution in [1.29, 1.82) is 0 Å². The Morgan fingerprint density at radius 1 is 1.18 bits per heavy atom. The van der Waals surface area contributed by atoms with Crippen molar-refractivity contribution in [3.8, 4) is 11.6 Å². The molecule has 0 bridgehead atoms. The Hall–Kier alpha value is -1.90. The second kappa shape index (κ2) is 5.43. The average molecular weight is 231 g/mol. The van der Waals surface area contributed by atoms with E-state index in [9.17, 15) is 4.39 Å². The van der Waals surface area contributed by atoms with E-state index in [1.54, 1.807) is 30.5 Å². The standard InChI is InChI=1S/C14H14FNO/c1-2-5-11-8-9-14(16-10-11)17-13-7-4-3-6-12(13)15/h3-4,6-10H,2,5H2,1H3. The van der Waals surface area contributed by atoms with Crippen molar-refractivity contribution in [3.63, 3.8) is 0 Å². The Morgan fingerprint density at radius 3 is 2.65 bits per heavy atom. The highest BCUT2D eigenvalue weighted by Gasteiger charge is 2.03. The number of halogens is 1. The molecule has 0 radical (unpaired) electrons. The number of rotatable bonds is 4. The number of hydrogen-bond donors (Lipinski definition) is 0. The van der Waals surface area contributed by atoms with Crippen LogP contribution in [0, 0.1) is 5.82 Å². The highest BCUT2D eigenvalue weighted by molar-refractivity contribution is 5.29. The van der Waals surface area contributed by atoms with Gasteiger partial charge in [-0.15, -0.1) is 0 Å². The van der Waals surface area contributed by atoms with Crippen molar-refractivity contribution in [2.24, 2.45) is 0 Å². The summed E-state index contributed by atoms with van der Waals surface area (Å²) in [6, 6.07) is 10.0. The van der Waals surface area contributed by atoms with Crippen molar-refractivity contribution >= 4 is 0 Å². The summed E-state index contributed by atoms with van der Waals surface area (Å²) in [4.78, 5) is 4.14. The summed E-state index contributed by atoms with van der Waals surface area (Å²) in [5.41, 5.74) is 1.16. The number of benzene rings is 1. The van der Waals surface area contributed by atoms with Gasteiger partial charge in [-0.05, 0) is 24.1 Å². The van der Waals surface area contributed by atoms with E-state index in [0.29, 0.717) is 5.88 Å². The lowest BCUT2D eigenvalue weighted by molar-refractivity contribution is 0.427. The van der Waals surface area contributed by atoms with Crippen LogP contribution in [-0.4, -0.2) is 4.98 Å². The zero-order chi connectivity index (χ0) is 12.1. The lowest BCUT2D eigenvalue weighted by Gasteiger charge is -2.06. The zero-order valence-corrected chi connectivity index (χ0v) is 9.69. The molecule has 1 aromatic heterocycles. The Balaban J connectivity index is 2.11. The van der Waals surface area contributed by atoms with Crippen LogP contribution >= 0.6 is 0 Å². The molecule has 0 aliphatic heterocycles. The molecule has 0 fully saturated rings. The van der Waals surface area contributed by atoms with Gasteiger partial charge in [0, 0.05) is 12.3 Å². The highest BCUT2D eigenvalue weighted by Crippen LogP contribution is 2.22. The lowest BCUT2D eigenvalue weighted by atomic mass is 10.2. The van der Waals surface area contributed by atoms with E-state index in [4.69, 9.17) is 4.74 Å². The molecule has 0 N–H and O–H groups in total. The summed E-state index contributed by atoms with van der Waals surface area (Å²) >= 11 is 0. The van der Waals surface area contributed by atoms with E-state index < -0.39 is 0 Å². The van der Waals surface area contributed by atoms with Gasteiger partial charge in [0.25, 0.3) is 0 Å². The normalized spacial score (nSPS) is 10.2. The number of para-hydroxylation sites is 1. The van der Waals surface area contributed by atoms with Crippen molar-refractivity contribution in [3.05, 3.63) is 54.0 Å².